The van der Waals surface area contributed by atoms with Crippen LogP contribution in [0.15, 0.2) is 36.4 Å². The third-order valence-corrected chi connectivity index (χ3v) is 11.9. The first-order chi connectivity index (χ1) is 28.1. The Bertz CT molecular complexity index is 1860. The molecule has 2 aromatic carbocycles. The van der Waals surface area contributed by atoms with Gasteiger partial charge in [0.2, 0.25) is 0 Å². The smallest absolute Gasteiger partial charge is 0.418 e. The second-order valence-corrected chi connectivity index (χ2v) is 16.1. The molecule has 322 valence electrons. The summed E-state index contributed by atoms with van der Waals surface area (Å²) < 4.78 is 52.7. The van der Waals surface area contributed by atoms with Gasteiger partial charge in [0.15, 0.2) is 6.10 Å². The number of anilines is 2. The van der Waals surface area contributed by atoms with E-state index in [4.69, 9.17) is 26.8 Å². The van der Waals surface area contributed by atoms with Gasteiger partial charge in [-0.2, -0.15) is 13.2 Å². The van der Waals surface area contributed by atoms with Crippen molar-refractivity contribution in [1.82, 2.24) is 29.4 Å². The van der Waals surface area contributed by atoms with Crippen LogP contribution < -0.4 is 11.1 Å². The van der Waals surface area contributed by atoms with Crippen LogP contribution in [0.3, 0.4) is 0 Å². The molecule has 0 unspecified atom stereocenters. The van der Waals surface area contributed by atoms with Crippen LogP contribution in [-0.2, 0) is 42.9 Å². The number of likely N-dealkylation sites (tertiary alicyclic amines) is 2. The van der Waals surface area contributed by atoms with Gasteiger partial charge in [-0.05, 0) is 75.5 Å². The molecular formula is C40H52ClF3N8O7. The Kier molecular flexibility index (Phi) is 14.1. The van der Waals surface area contributed by atoms with Gasteiger partial charge >= 0.3 is 30.2 Å². The van der Waals surface area contributed by atoms with Crippen LogP contribution in [0.4, 0.5) is 34.1 Å². The molecule has 3 saturated heterocycles. The number of nitrogens with one attached hydrogen (secondary N) is 1. The largest absolute Gasteiger partial charge is 0.457 e. The highest BCUT2D eigenvalue weighted by Gasteiger charge is 2.39. The monoisotopic (exact) mass is 848 g/mol. The van der Waals surface area contributed by atoms with Crippen LogP contribution in [0.5, 0.6) is 0 Å². The summed E-state index contributed by atoms with van der Waals surface area (Å²) >= 11 is 6.13. The van der Waals surface area contributed by atoms with Gasteiger partial charge in [-0.25, -0.2) is 14.4 Å². The van der Waals surface area contributed by atoms with Crippen LogP contribution >= 0.6 is 11.6 Å². The van der Waals surface area contributed by atoms with Gasteiger partial charge in [0.25, 0.3) is 5.91 Å². The number of nitrogens with two attached hydrogens (primary N) is 1. The molecule has 5 amide bonds. The van der Waals surface area contributed by atoms with E-state index in [9.17, 15) is 37.1 Å². The molecule has 1 atom stereocenters. The number of hydrogen-bond donors (Lipinski definition) is 2. The SMILES string of the molecule is CN(C)CCOC(=O)C(=O)N1CCC(N2CCN(C(=O)[C@@H](Cc3cc(Cl)c(N)c(C(F)(F)F)c3)OC(=O)N3CCC(N4CCc5ccccc5NC4=O)CC3)CC2)CC1. The van der Waals surface area contributed by atoms with Crippen molar-refractivity contribution >= 4 is 52.9 Å². The van der Waals surface area contributed by atoms with Gasteiger partial charge < -0.3 is 45.0 Å². The van der Waals surface area contributed by atoms with E-state index in [1.54, 1.807) is 9.80 Å². The number of urea groups is 1. The summed E-state index contributed by atoms with van der Waals surface area (Å²) in [6.07, 6.45) is -4.58. The average Bonchev–Trinajstić information content (AvgIpc) is 3.38. The topological polar surface area (TPSA) is 161 Å². The molecule has 19 heteroatoms. The molecule has 0 bridgehead atoms. The minimum Gasteiger partial charge on any atom is -0.457 e. The molecule has 15 nitrogen and oxygen atoms in total. The van der Waals surface area contributed by atoms with E-state index in [0.717, 1.165) is 17.3 Å². The van der Waals surface area contributed by atoms with Crippen LogP contribution in [0, 0.1) is 0 Å². The summed E-state index contributed by atoms with van der Waals surface area (Å²) in [5.74, 6) is -2.09. The maximum absolute atomic E-state index is 14.1. The van der Waals surface area contributed by atoms with Crippen LogP contribution in [0.1, 0.15) is 42.4 Å². The molecule has 0 saturated carbocycles. The van der Waals surface area contributed by atoms with E-state index < -0.39 is 47.4 Å². The normalized spacial score (nSPS) is 19.2. The maximum atomic E-state index is 14.1. The summed E-state index contributed by atoms with van der Waals surface area (Å²) in [6, 6.07) is 9.45. The Morgan fingerprint density at radius 3 is 2.20 bits per heavy atom. The van der Waals surface area contributed by atoms with Gasteiger partial charge in [-0.1, -0.05) is 29.8 Å². The first-order valence-electron chi connectivity index (χ1n) is 20.0. The van der Waals surface area contributed by atoms with Crippen molar-refractivity contribution in [3.05, 3.63) is 58.1 Å². The molecule has 4 aliphatic rings. The van der Waals surface area contributed by atoms with Gasteiger partial charge in [-0.3, -0.25) is 14.5 Å². The standard InChI is InChI=1S/C40H52ClF3N8O7/c1-47(2)21-22-58-37(55)36(54)49-12-8-28(9-13-49)48-17-19-50(20-18-48)35(53)33(25-26-23-30(40(42,43)44)34(45)31(41)24-26)59-39(57)51-14-10-29(11-15-51)52-16-7-27-5-3-4-6-32(27)46-38(52)56/h3-6,23-24,28-29,33H,7-22,25,45H2,1-2H3,(H,46,56)/t33-/m1/s1. The number of benzene rings is 2. The number of halogens is 4. The Hall–Kier alpha value is -4.81. The molecule has 6 rings (SSSR count). The summed E-state index contributed by atoms with van der Waals surface area (Å²) in [5.41, 5.74) is 5.71. The Balaban J connectivity index is 1.06. The quantitative estimate of drug-likeness (QED) is 0.216. The van der Waals surface area contributed by atoms with Crippen molar-refractivity contribution in [2.75, 3.05) is 97.2 Å². The fraction of sp³-hybridized carbons (Fsp3) is 0.575. The first kappa shape index (κ1) is 43.8. The van der Waals surface area contributed by atoms with E-state index in [0.29, 0.717) is 71.4 Å². The average molecular weight is 849 g/mol. The summed E-state index contributed by atoms with van der Waals surface area (Å²) in [7, 11) is 3.67. The molecule has 0 aromatic heterocycles. The number of esters is 1. The number of ether oxygens (including phenoxy) is 2. The number of hydrogen-bond acceptors (Lipinski definition) is 10. The number of carbonyl (C=O) groups is 5. The highest BCUT2D eigenvalue weighted by molar-refractivity contribution is 6.33. The lowest BCUT2D eigenvalue weighted by molar-refractivity contribution is -0.161. The van der Waals surface area contributed by atoms with Crippen molar-refractivity contribution in [3.63, 3.8) is 0 Å². The summed E-state index contributed by atoms with van der Waals surface area (Å²) in [6.45, 7) is 3.88. The van der Waals surface area contributed by atoms with Crippen molar-refractivity contribution < 1.29 is 46.6 Å². The minimum atomic E-state index is -4.81. The fourth-order valence-corrected chi connectivity index (χ4v) is 8.41. The molecule has 0 spiro atoms. The fourth-order valence-electron chi connectivity index (χ4n) is 8.17. The highest BCUT2D eigenvalue weighted by atomic mass is 35.5. The predicted molar refractivity (Wildman–Crippen MR) is 213 cm³/mol. The van der Waals surface area contributed by atoms with Gasteiger partial charge in [-0.15, -0.1) is 0 Å². The lowest BCUT2D eigenvalue weighted by Gasteiger charge is -2.43. The molecule has 4 aliphatic heterocycles. The molecule has 0 radical (unpaired) electrons. The van der Waals surface area contributed by atoms with Crippen molar-refractivity contribution in [2.45, 2.75) is 62.9 Å². The van der Waals surface area contributed by atoms with E-state index >= 15 is 0 Å². The van der Waals surface area contributed by atoms with Crippen molar-refractivity contribution in [1.29, 1.82) is 0 Å². The van der Waals surface area contributed by atoms with Crippen LogP contribution in [0.25, 0.3) is 0 Å². The number of nitrogens with zero attached hydrogens (tertiary/aromatic N) is 6. The number of alkyl halides is 3. The van der Waals surface area contributed by atoms with Crippen LogP contribution in [-0.4, -0.2) is 164 Å². The number of amides is 5. The van der Waals surface area contributed by atoms with E-state index in [2.05, 4.69) is 10.2 Å². The van der Waals surface area contributed by atoms with Gasteiger partial charge in [0.05, 0.1) is 16.3 Å². The Morgan fingerprint density at radius 1 is 0.898 bits per heavy atom. The number of rotatable bonds is 9. The van der Waals surface area contributed by atoms with E-state index in [1.807, 2.05) is 43.3 Å². The number of piperazine rings is 1. The number of carbonyl (C=O) groups excluding carboxylic acids is 5. The number of fused-ring (bicyclic) bond motifs is 1. The minimum absolute atomic E-state index is 0.0241. The maximum Gasteiger partial charge on any atom is 0.418 e. The second-order valence-electron chi connectivity index (χ2n) is 15.7. The van der Waals surface area contributed by atoms with Gasteiger partial charge in [0.1, 0.15) is 6.61 Å². The molecule has 4 heterocycles. The zero-order valence-electron chi connectivity index (χ0n) is 33.3. The summed E-state index contributed by atoms with van der Waals surface area (Å²) in [5, 5.41) is 2.64. The van der Waals surface area contributed by atoms with Crippen molar-refractivity contribution in [3.8, 4) is 0 Å². The lowest BCUT2D eigenvalue weighted by Crippen LogP contribution is -2.57. The number of para-hydroxylation sites is 1. The van der Waals surface area contributed by atoms with Crippen molar-refractivity contribution in [2.24, 2.45) is 0 Å². The number of likely N-dealkylation sites (N-methyl/N-ethyl adjacent to an activating group) is 1. The van der Waals surface area contributed by atoms with Crippen LogP contribution in [0.2, 0.25) is 5.02 Å². The lowest BCUT2D eigenvalue weighted by atomic mass is 10.0. The number of nitrogen functional groups attached to an aromatic ring is 1. The Labute approximate surface area is 346 Å². The third-order valence-electron chi connectivity index (χ3n) is 11.6. The summed E-state index contributed by atoms with van der Waals surface area (Å²) in [4.78, 5) is 76.2. The zero-order chi connectivity index (χ0) is 42.4. The molecule has 3 fully saturated rings. The first-order valence-corrected chi connectivity index (χ1v) is 20.4. The molecule has 3 N–H and O–H groups in total. The molecular weight excluding hydrogens is 797 g/mol. The second kappa shape index (κ2) is 19.1. The molecule has 59 heavy (non-hydrogen) atoms. The third kappa shape index (κ3) is 10.9. The molecule has 2 aromatic rings. The van der Waals surface area contributed by atoms with Gasteiger partial charge in [0, 0.05) is 89.6 Å². The highest BCUT2D eigenvalue weighted by Crippen LogP contribution is 2.38. The molecule has 0 aliphatic carbocycles. The predicted octanol–water partition coefficient (Wildman–Crippen LogP) is 3.78. The van der Waals surface area contributed by atoms with E-state index in [1.165, 1.54) is 15.9 Å². The number of piperidine rings is 2. The zero-order valence-corrected chi connectivity index (χ0v) is 34.1. The van der Waals surface area contributed by atoms with E-state index in [-0.39, 0.29) is 67.9 Å². The Morgan fingerprint density at radius 2 is 1.54 bits per heavy atom.